The van der Waals surface area contributed by atoms with Crippen molar-refractivity contribution in [3.63, 3.8) is 0 Å². The Kier molecular flexibility index (Phi) is 5.15. The molecule has 0 aliphatic heterocycles. The van der Waals surface area contributed by atoms with E-state index < -0.39 is 40.2 Å². The standard InChI is InChI=1S/C22H12F7O2S/c23-20(21(24,25)26,22(27,28)29)31-19(30)13-6-5-7-14(12-13)32-17-10-3-1-8-15(17)16-9-2-4-11-18(16)32/h1-12H/q+1. The van der Waals surface area contributed by atoms with E-state index in [-0.39, 0.29) is 0 Å². The van der Waals surface area contributed by atoms with Gasteiger partial charge < -0.3 is 4.74 Å². The van der Waals surface area contributed by atoms with Crippen LogP contribution in [0.5, 0.6) is 0 Å². The lowest BCUT2D eigenvalue weighted by molar-refractivity contribution is -0.413. The first-order valence-corrected chi connectivity index (χ1v) is 10.2. The summed E-state index contributed by atoms with van der Waals surface area (Å²) in [6.45, 7) is 0. The number of benzene rings is 3. The van der Waals surface area contributed by atoms with E-state index in [9.17, 15) is 35.5 Å². The van der Waals surface area contributed by atoms with Crippen molar-refractivity contribution in [1.29, 1.82) is 0 Å². The average molecular weight is 473 g/mol. The summed E-state index contributed by atoms with van der Waals surface area (Å²) in [5.41, 5.74) is -0.632. The van der Waals surface area contributed by atoms with E-state index in [2.05, 4.69) is 4.74 Å². The van der Waals surface area contributed by atoms with Gasteiger partial charge in [0.05, 0.1) is 5.56 Å². The minimum atomic E-state index is -6.50. The third-order valence-electron chi connectivity index (χ3n) is 4.77. The first-order valence-electron chi connectivity index (χ1n) is 9.02. The second-order valence-corrected chi connectivity index (χ2v) is 8.77. The lowest BCUT2D eigenvalue weighted by Crippen LogP contribution is -2.56. The molecule has 4 rings (SSSR count). The largest absolute Gasteiger partial charge is 0.470 e. The molecule has 1 heterocycles. The fourth-order valence-electron chi connectivity index (χ4n) is 3.32. The second kappa shape index (κ2) is 7.47. The number of hydrogen-bond donors (Lipinski definition) is 0. The van der Waals surface area contributed by atoms with E-state index in [1.165, 1.54) is 6.07 Å². The van der Waals surface area contributed by atoms with E-state index in [0.29, 0.717) is 4.90 Å². The molecule has 0 aliphatic carbocycles. The maximum Gasteiger partial charge on any atom is 0.470 e. The Morgan fingerprint density at radius 1 is 0.688 bits per heavy atom. The van der Waals surface area contributed by atoms with Crippen molar-refractivity contribution in [3.05, 3.63) is 78.4 Å². The van der Waals surface area contributed by atoms with Gasteiger partial charge in [-0.15, -0.1) is 0 Å². The zero-order valence-electron chi connectivity index (χ0n) is 15.8. The minimum Gasteiger partial charge on any atom is -0.409 e. The summed E-state index contributed by atoms with van der Waals surface area (Å²) in [6, 6.07) is 19.7. The number of hydrogen-bond acceptors (Lipinski definition) is 2. The minimum absolute atomic E-state index is 0.459. The predicted molar refractivity (Wildman–Crippen MR) is 107 cm³/mol. The lowest BCUT2D eigenvalue weighted by Gasteiger charge is -2.28. The number of esters is 1. The summed E-state index contributed by atoms with van der Waals surface area (Å²) in [5.74, 6) is -8.20. The van der Waals surface area contributed by atoms with Crippen LogP contribution in [0, 0.1) is 0 Å². The highest BCUT2D eigenvalue weighted by Crippen LogP contribution is 2.49. The molecule has 1 aromatic heterocycles. The second-order valence-electron chi connectivity index (χ2n) is 6.81. The Hall–Kier alpha value is -3.14. The fraction of sp³-hybridized carbons (Fsp3) is 0.136. The number of halogens is 7. The highest BCUT2D eigenvalue weighted by atomic mass is 32.2. The van der Waals surface area contributed by atoms with E-state index in [1.54, 1.807) is 18.2 Å². The molecule has 32 heavy (non-hydrogen) atoms. The van der Waals surface area contributed by atoms with Gasteiger partial charge in [0.2, 0.25) is 0 Å². The molecule has 0 N–H and O–H groups in total. The van der Waals surface area contributed by atoms with Crippen LogP contribution in [0.2, 0.25) is 0 Å². The first-order chi connectivity index (χ1) is 14.9. The number of rotatable bonds is 3. The van der Waals surface area contributed by atoms with Crippen LogP contribution in [-0.4, -0.2) is 24.2 Å². The first kappa shape index (κ1) is 22.1. The van der Waals surface area contributed by atoms with Crippen LogP contribution < -0.4 is 0 Å². The zero-order chi connectivity index (χ0) is 23.3. The molecule has 166 valence electrons. The molecule has 0 bridgehead atoms. The summed E-state index contributed by atoms with van der Waals surface area (Å²) in [4.78, 5) is 12.6. The van der Waals surface area contributed by atoms with Crippen molar-refractivity contribution in [2.24, 2.45) is 0 Å². The van der Waals surface area contributed by atoms with Crippen molar-refractivity contribution in [2.45, 2.75) is 18.2 Å². The van der Waals surface area contributed by atoms with Gasteiger partial charge in [-0.05, 0) is 36.4 Å². The van der Waals surface area contributed by atoms with E-state index >= 15 is 0 Å². The Bertz CT molecular complexity index is 1250. The van der Waals surface area contributed by atoms with Crippen molar-refractivity contribution < 1.29 is 40.3 Å². The molecule has 0 atom stereocenters. The van der Waals surface area contributed by atoms with Gasteiger partial charge in [-0.25, -0.2) is 4.79 Å². The number of carbonyl (C=O) groups excluding carboxylic acids is 1. The summed E-state index contributed by atoms with van der Waals surface area (Å²) in [6.07, 6.45) is -13.0. The lowest BCUT2D eigenvalue weighted by atomic mass is 10.2. The molecule has 0 radical (unpaired) electrons. The third kappa shape index (κ3) is 3.48. The molecule has 10 heteroatoms. The molecule has 0 saturated carbocycles. The van der Waals surface area contributed by atoms with Gasteiger partial charge in [-0.2, -0.15) is 30.7 Å². The van der Waals surface area contributed by atoms with Gasteiger partial charge >= 0.3 is 24.2 Å². The van der Waals surface area contributed by atoms with Crippen LogP contribution in [0.4, 0.5) is 30.7 Å². The van der Waals surface area contributed by atoms with Crippen molar-refractivity contribution in [2.75, 3.05) is 0 Å². The summed E-state index contributed by atoms with van der Waals surface area (Å²) < 4.78 is 95.5. The Morgan fingerprint density at radius 3 is 1.69 bits per heavy atom. The highest BCUT2D eigenvalue weighted by Gasteiger charge is 2.76. The van der Waals surface area contributed by atoms with Crippen LogP contribution in [0.15, 0.2) is 72.8 Å². The highest BCUT2D eigenvalue weighted by molar-refractivity contribution is 7.50. The SMILES string of the molecule is O=C(OC(F)(C(F)(F)F)C(F)(F)F)c1cccc(-[s+]2c3ccccc3c3ccccc32)c1. The normalized spacial score (nSPS) is 13.0. The molecule has 0 unspecified atom stereocenters. The molecular formula is C22H12F7O2S+. The fourth-order valence-corrected chi connectivity index (χ4v) is 5.75. The molecule has 0 saturated heterocycles. The van der Waals surface area contributed by atoms with Gasteiger partial charge in [0.25, 0.3) is 0 Å². The quantitative estimate of drug-likeness (QED) is 0.173. The van der Waals surface area contributed by atoms with Gasteiger partial charge in [0.15, 0.2) is 14.3 Å². The summed E-state index contributed by atoms with van der Waals surface area (Å²) in [7, 11) is -0.771. The summed E-state index contributed by atoms with van der Waals surface area (Å²) in [5, 5.41) is 1.85. The van der Waals surface area contributed by atoms with Gasteiger partial charge in [0.1, 0.15) is 0 Å². The monoisotopic (exact) mass is 473 g/mol. The van der Waals surface area contributed by atoms with E-state index in [0.717, 1.165) is 32.3 Å². The van der Waals surface area contributed by atoms with Gasteiger partial charge in [0, 0.05) is 27.3 Å². The van der Waals surface area contributed by atoms with Crippen molar-refractivity contribution in [3.8, 4) is 4.90 Å². The molecular weight excluding hydrogens is 461 g/mol. The van der Waals surface area contributed by atoms with E-state index in [4.69, 9.17) is 0 Å². The number of thiophene rings is 1. The van der Waals surface area contributed by atoms with Crippen molar-refractivity contribution in [1.82, 2.24) is 0 Å². The van der Waals surface area contributed by atoms with Crippen LogP contribution >= 0.6 is 10.5 Å². The average Bonchev–Trinajstić information content (AvgIpc) is 3.06. The molecule has 0 aliphatic rings. The molecule has 0 fully saturated rings. The number of alkyl halides is 7. The Balaban J connectivity index is 1.81. The number of carbonyl (C=O) groups is 1. The van der Waals surface area contributed by atoms with Crippen LogP contribution in [-0.2, 0) is 4.74 Å². The smallest absolute Gasteiger partial charge is 0.409 e. The Labute approximate surface area is 178 Å². The van der Waals surface area contributed by atoms with Crippen molar-refractivity contribution >= 4 is 36.6 Å². The van der Waals surface area contributed by atoms with Crippen LogP contribution in [0.1, 0.15) is 10.4 Å². The van der Waals surface area contributed by atoms with Gasteiger partial charge in [-0.1, -0.05) is 30.3 Å². The summed E-state index contributed by atoms with van der Waals surface area (Å²) >= 11 is 0. The predicted octanol–water partition coefficient (Wildman–Crippen LogP) is 7.68. The maximum atomic E-state index is 13.8. The third-order valence-corrected chi connectivity index (χ3v) is 7.09. The molecule has 0 amide bonds. The topological polar surface area (TPSA) is 26.3 Å². The Morgan fingerprint density at radius 2 is 1.19 bits per heavy atom. The maximum absolute atomic E-state index is 13.8. The molecule has 4 aromatic rings. The number of ether oxygens (including phenoxy) is 1. The molecule has 2 nitrogen and oxygen atoms in total. The van der Waals surface area contributed by atoms with E-state index in [1.807, 2.05) is 36.4 Å². The number of fused-ring (bicyclic) bond motifs is 3. The van der Waals surface area contributed by atoms with Gasteiger partial charge in [-0.3, -0.25) is 0 Å². The molecule has 3 aromatic carbocycles. The molecule has 0 spiro atoms. The zero-order valence-corrected chi connectivity index (χ0v) is 16.6. The van der Waals surface area contributed by atoms with Crippen LogP contribution in [0.3, 0.4) is 0 Å². The van der Waals surface area contributed by atoms with Crippen LogP contribution in [0.25, 0.3) is 25.1 Å².